The zero-order valence-electron chi connectivity index (χ0n) is 16.9. The molecule has 2 atom stereocenters. The number of rotatable bonds is 7. The molecule has 0 radical (unpaired) electrons. The molecule has 0 saturated carbocycles. The molecule has 1 heterocycles. The van der Waals surface area contributed by atoms with Gasteiger partial charge in [-0.3, -0.25) is 14.9 Å². The highest BCUT2D eigenvalue weighted by Gasteiger charge is 2.42. The van der Waals surface area contributed by atoms with Crippen molar-refractivity contribution < 1.29 is 33.1 Å². The molecule has 1 unspecified atom stereocenters. The molecule has 1 fully saturated rings. The highest BCUT2D eigenvalue weighted by molar-refractivity contribution is 6.01. The number of halogens is 1. The van der Waals surface area contributed by atoms with E-state index in [1.807, 2.05) is 30.3 Å². The summed E-state index contributed by atoms with van der Waals surface area (Å²) < 4.78 is 29.5. The Morgan fingerprint density at radius 1 is 1.19 bits per heavy atom. The molecular formula is C21H21FN2O7. The third-order valence-electron chi connectivity index (χ3n) is 4.93. The quantitative estimate of drug-likeness (QED) is 0.376. The van der Waals surface area contributed by atoms with Crippen LogP contribution in [0.5, 0.6) is 11.5 Å². The predicted octanol–water partition coefficient (Wildman–Crippen LogP) is 2.91. The molecule has 9 nitrogen and oxygen atoms in total. The number of nitro benzene ring substituents is 1. The molecule has 0 spiro atoms. The number of alkyl halides is 1. The van der Waals surface area contributed by atoms with Gasteiger partial charge in [-0.1, -0.05) is 30.3 Å². The summed E-state index contributed by atoms with van der Waals surface area (Å²) in [7, 11) is 2.45. The first-order valence-corrected chi connectivity index (χ1v) is 9.41. The third-order valence-corrected chi connectivity index (χ3v) is 4.93. The van der Waals surface area contributed by atoms with Gasteiger partial charge in [-0.2, -0.15) is 0 Å². The monoisotopic (exact) mass is 432 g/mol. The van der Waals surface area contributed by atoms with Gasteiger partial charge in [0.1, 0.15) is 24.4 Å². The lowest BCUT2D eigenvalue weighted by Crippen LogP contribution is -2.41. The molecule has 31 heavy (non-hydrogen) atoms. The lowest BCUT2D eigenvalue weighted by Gasteiger charge is -2.22. The Kier molecular flexibility index (Phi) is 6.68. The summed E-state index contributed by atoms with van der Waals surface area (Å²) in [5.41, 5.74) is -0.0453. The molecular weight excluding hydrogens is 411 g/mol. The normalized spacial score (nSPS) is 17.8. The van der Waals surface area contributed by atoms with Gasteiger partial charge >= 0.3 is 5.97 Å². The number of nitro groups is 1. The molecule has 0 bridgehead atoms. The number of ether oxygens (including phenoxy) is 3. The van der Waals surface area contributed by atoms with Crippen LogP contribution in [0.1, 0.15) is 22.3 Å². The van der Waals surface area contributed by atoms with Crippen LogP contribution in [-0.4, -0.2) is 54.7 Å². The van der Waals surface area contributed by atoms with Crippen molar-refractivity contribution in [2.45, 2.75) is 25.2 Å². The van der Waals surface area contributed by atoms with Crippen LogP contribution in [0.15, 0.2) is 42.5 Å². The first-order chi connectivity index (χ1) is 14.8. The van der Waals surface area contributed by atoms with E-state index in [4.69, 9.17) is 9.47 Å². The van der Waals surface area contributed by atoms with E-state index in [2.05, 4.69) is 4.74 Å². The lowest BCUT2D eigenvalue weighted by atomic mass is 10.1. The standard InChI is InChI=1S/C21H21FN2O7/c1-29-18-9-15(20(25)23-11-14(22)8-17(23)21(26)30-2)16(24(27)28)10-19(18)31-12-13-6-4-3-5-7-13/h3-7,9-10,14,17H,8,11-12H2,1-2H3/t14?,17-/m0/s1. The second kappa shape index (κ2) is 9.41. The SMILES string of the molecule is COC(=O)[C@@H]1CC(F)CN1C(=O)c1cc(OC)c(OCc2ccccc2)cc1[N+](=O)[O-]. The number of benzene rings is 2. The van der Waals surface area contributed by atoms with E-state index < -0.39 is 34.7 Å². The first kappa shape index (κ1) is 22.0. The molecule has 2 aromatic carbocycles. The maximum Gasteiger partial charge on any atom is 0.328 e. The summed E-state index contributed by atoms with van der Waals surface area (Å²) >= 11 is 0. The van der Waals surface area contributed by atoms with Crippen LogP contribution in [0.3, 0.4) is 0 Å². The second-order valence-corrected chi connectivity index (χ2v) is 6.88. The van der Waals surface area contributed by atoms with Crippen molar-refractivity contribution in [2.24, 2.45) is 0 Å². The van der Waals surface area contributed by atoms with Gasteiger partial charge in [0.05, 0.1) is 31.8 Å². The van der Waals surface area contributed by atoms with Crippen molar-refractivity contribution in [3.05, 3.63) is 63.7 Å². The van der Waals surface area contributed by atoms with Crippen molar-refractivity contribution >= 4 is 17.6 Å². The van der Waals surface area contributed by atoms with Crippen LogP contribution in [0.4, 0.5) is 10.1 Å². The van der Waals surface area contributed by atoms with Gasteiger partial charge in [-0.25, -0.2) is 9.18 Å². The van der Waals surface area contributed by atoms with Crippen molar-refractivity contribution in [3.8, 4) is 11.5 Å². The van der Waals surface area contributed by atoms with E-state index in [-0.39, 0.29) is 36.6 Å². The molecule has 1 amide bonds. The van der Waals surface area contributed by atoms with Crippen LogP contribution in [0.25, 0.3) is 0 Å². The largest absolute Gasteiger partial charge is 0.493 e. The van der Waals surface area contributed by atoms with E-state index in [1.165, 1.54) is 13.2 Å². The second-order valence-electron chi connectivity index (χ2n) is 6.88. The fourth-order valence-electron chi connectivity index (χ4n) is 3.40. The maximum absolute atomic E-state index is 13.9. The number of hydrogen-bond donors (Lipinski definition) is 0. The van der Waals surface area contributed by atoms with Gasteiger partial charge in [0.2, 0.25) is 0 Å². The van der Waals surface area contributed by atoms with E-state index in [9.17, 15) is 24.1 Å². The van der Waals surface area contributed by atoms with E-state index in [0.29, 0.717) is 0 Å². The van der Waals surface area contributed by atoms with Gasteiger partial charge in [-0.05, 0) is 5.56 Å². The van der Waals surface area contributed by atoms with Crippen LogP contribution in [0, 0.1) is 10.1 Å². The molecule has 0 N–H and O–H groups in total. The zero-order chi connectivity index (χ0) is 22.5. The first-order valence-electron chi connectivity index (χ1n) is 9.41. The highest BCUT2D eigenvalue weighted by atomic mass is 19.1. The Morgan fingerprint density at radius 2 is 1.90 bits per heavy atom. The van der Waals surface area contributed by atoms with Crippen LogP contribution in [0.2, 0.25) is 0 Å². The summed E-state index contributed by atoms with van der Waals surface area (Å²) in [6, 6.07) is 10.2. The fraction of sp³-hybridized carbons (Fsp3) is 0.333. The van der Waals surface area contributed by atoms with Crippen molar-refractivity contribution in [1.29, 1.82) is 0 Å². The maximum atomic E-state index is 13.9. The Hall–Kier alpha value is -3.69. The minimum Gasteiger partial charge on any atom is -0.493 e. The van der Waals surface area contributed by atoms with Crippen LogP contribution in [-0.2, 0) is 16.1 Å². The predicted molar refractivity (Wildman–Crippen MR) is 107 cm³/mol. The van der Waals surface area contributed by atoms with Crippen molar-refractivity contribution in [1.82, 2.24) is 4.90 Å². The molecule has 1 aliphatic heterocycles. The summed E-state index contributed by atoms with van der Waals surface area (Å²) in [5.74, 6) is -1.49. The van der Waals surface area contributed by atoms with Crippen molar-refractivity contribution in [3.63, 3.8) is 0 Å². The van der Waals surface area contributed by atoms with Gasteiger partial charge < -0.3 is 19.1 Å². The molecule has 1 saturated heterocycles. The summed E-state index contributed by atoms with van der Waals surface area (Å²) in [5, 5.41) is 11.7. The molecule has 1 aliphatic rings. The van der Waals surface area contributed by atoms with Gasteiger partial charge in [0, 0.05) is 12.5 Å². The van der Waals surface area contributed by atoms with E-state index in [0.717, 1.165) is 23.6 Å². The number of methoxy groups -OCH3 is 2. The number of nitrogens with zero attached hydrogens (tertiary/aromatic N) is 2. The Morgan fingerprint density at radius 3 is 2.52 bits per heavy atom. The van der Waals surface area contributed by atoms with Crippen molar-refractivity contribution in [2.75, 3.05) is 20.8 Å². The lowest BCUT2D eigenvalue weighted by molar-refractivity contribution is -0.385. The molecule has 0 aromatic heterocycles. The number of carbonyl (C=O) groups is 2. The van der Waals surface area contributed by atoms with E-state index >= 15 is 0 Å². The Labute approximate surface area is 177 Å². The van der Waals surface area contributed by atoms with Crippen LogP contribution >= 0.6 is 0 Å². The molecule has 10 heteroatoms. The number of carbonyl (C=O) groups excluding carboxylic acids is 2. The minimum absolute atomic E-state index is 0.0731. The Bertz CT molecular complexity index is 983. The average Bonchev–Trinajstić information content (AvgIpc) is 3.18. The number of likely N-dealkylation sites (tertiary alicyclic amines) is 1. The molecule has 164 valence electrons. The molecule has 0 aliphatic carbocycles. The molecule has 3 rings (SSSR count). The average molecular weight is 432 g/mol. The van der Waals surface area contributed by atoms with Gasteiger partial charge in [-0.15, -0.1) is 0 Å². The molecule has 2 aromatic rings. The fourth-order valence-corrected chi connectivity index (χ4v) is 3.40. The number of esters is 1. The minimum atomic E-state index is -1.44. The number of hydrogen-bond acceptors (Lipinski definition) is 7. The smallest absolute Gasteiger partial charge is 0.328 e. The Balaban J connectivity index is 1.95. The summed E-state index contributed by atoms with van der Waals surface area (Å²) in [6.45, 7) is -0.244. The summed E-state index contributed by atoms with van der Waals surface area (Å²) in [6.07, 6.45) is -1.68. The highest BCUT2D eigenvalue weighted by Crippen LogP contribution is 2.37. The van der Waals surface area contributed by atoms with E-state index in [1.54, 1.807) is 0 Å². The van der Waals surface area contributed by atoms with Crippen LogP contribution < -0.4 is 9.47 Å². The third kappa shape index (κ3) is 4.73. The van der Waals surface area contributed by atoms with Gasteiger partial charge in [0.25, 0.3) is 11.6 Å². The topological polar surface area (TPSA) is 108 Å². The van der Waals surface area contributed by atoms with Gasteiger partial charge in [0.15, 0.2) is 11.5 Å². The summed E-state index contributed by atoms with van der Waals surface area (Å²) in [4.78, 5) is 36.9. The number of amides is 1. The zero-order valence-corrected chi connectivity index (χ0v) is 16.9.